The van der Waals surface area contributed by atoms with E-state index in [1.54, 1.807) is 10.9 Å². The van der Waals surface area contributed by atoms with Gasteiger partial charge in [-0.15, -0.1) is 0 Å². The van der Waals surface area contributed by atoms with Crippen LogP contribution in [0.1, 0.15) is 30.8 Å². The highest BCUT2D eigenvalue weighted by atomic mass is 16.5. The van der Waals surface area contributed by atoms with E-state index in [2.05, 4.69) is 35.7 Å². The minimum atomic E-state index is -0.210. The van der Waals surface area contributed by atoms with Crippen molar-refractivity contribution in [2.75, 3.05) is 26.2 Å². The Bertz CT molecular complexity index is 765. The number of carbonyl (C=O) groups excluding carboxylic acids is 1. The number of nitrogens with one attached hydrogen (secondary N) is 2. The Morgan fingerprint density at radius 1 is 1.35 bits per heavy atom. The van der Waals surface area contributed by atoms with Crippen LogP contribution in [0.15, 0.2) is 48.2 Å². The molecule has 2 heterocycles. The Kier molecular flexibility index (Phi) is 6.07. The van der Waals surface area contributed by atoms with E-state index in [1.165, 1.54) is 5.57 Å². The van der Waals surface area contributed by atoms with Gasteiger partial charge in [-0.2, -0.15) is 5.10 Å². The first-order valence-electron chi connectivity index (χ1n) is 9.08. The van der Waals surface area contributed by atoms with Gasteiger partial charge in [-0.3, -0.25) is 4.79 Å². The van der Waals surface area contributed by atoms with Crippen LogP contribution in [-0.4, -0.2) is 41.9 Å². The SMILES string of the molecule is CC(C)COc1cn(-c2ccccc2)nc1C(=O)NCC1=CCNCC1. The highest BCUT2D eigenvalue weighted by molar-refractivity contribution is 5.95. The molecule has 2 aromatic rings. The van der Waals surface area contributed by atoms with Gasteiger partial charge >= 0.3 is 0 Å². The number of amides is 1. The largest absolute Gasteiger partial charge is 0.489 e. The molecule has 26 heavy (non-hydrogen) atoms. The van der Waals surface area contributed by atoms with E-state index in [0.717, 1.165) is 25.2 Å². The highest BCUT2D eigenvalue weighted by Gasteiger charge is 2.19. The summed E-state index contributed by atoms with van der Waals surface area (Å²) in [5, 5.41) is 10.7. The van der Waals surface area contributed by atoms with E-state index in [1.807, 2.05) is 30.3 Å². The third-order valence-corrected chi connectivity index (χ3v) is 4.12. The fourth-order valence-electron chi connectivity index (χ4n) is 2.70. The number of nitrogens with zero attached hydrogens (tertiary/aromatic N) is 2. The topological polar surface area (TPSA) is 68.2 Å². The summed E-state index contributed by atoms with van der Waals surface area (Å²) in [7, 11) is 0. The van der Waals surface area contributed by atoms with Crippen LogP contribution >= 0.6 is 0 Å². The minimum Gasteiger partial charge on any atom is -0.489 e. The summed E-state index contributed by atoms with van der Waals surface area (Å²) < 4.78 is 7.53. The maximum atomic E-state index is 12.7. The van der Waals surface area contributed by atoms with Crippen LogP contribution in [0.5, 0.6) is 5.75 Å². The van der Waals surface area contributed by atoms with E-state index >= 15 is 0 Å². The molecule has 1 aliphatic heterocycles. The lowest BCUT2D eigenvalue weighted by atomic mass is 10.1. The van der Waals surface area contributed by atoms with E-state index in [9.17, 15) is 4.79 Å². The van der Waals surface area contributed by atoms with Crippen molar-refractivity contribution in [3.63, 3.8) is 0 Å². The Morgan fingerprint density at radius 3 is 2.85 bits per heavy atom. The third kappa shape index (κ3) is 4.73. The number of ether oxygens (including phenoxy) is 1. The molecule has 1 aromatic carbocycles. The van der Waals surface area contributed by atoms with Crippen LogP contribution in [0.4, 0.5) is 0 Å². The second-order valence-corrected chi connectivity index (χ2v) is 6.83. The number of carbonyl (C=O) groups is 1. The Morgan fingerprint density at radius 2 is 2.15 bits per heavy atom. The fourth-order valence-corrected chi connectivity index (χ4v) is 2.70. The molecule has 0 spiro atoms. The zero-order valence-corrected chi connectivity index (χ0v) is 15.4. The van der Waals surface area contributed by atoms with Crippen LogP contribution in [-0.2, 0) is 0 Å². The van der Waals surface area contributed by atoms with Crippen molar-refractivity contribution in [1.82, 2.24) is 20.4 Å². The molecular formula is C20H26N4O2. The highest BCUT2D eigenvalue weighted by Crippen LogP contribution is 2.21. The van der Waals surface area contributed by atoms with Gasteiger partial charge in [0.25, 0.3) is 5.91 Å². The van der Waals surface area contributed by atoms with Crippen LogP contribution in [0, 0.1) is 5.92 Å². The molecule has 0 saturated heterocycles. The number of hydrogen-bond acceptors (Lipinski definition) is 4. The van der Waals surface area contributed by atoms with Gasteiger partial charge in [0.1, 0.15) is 0 Å². The minimum absolute atomic E-state index is 0.210. The Labute approximate surface area is 154 Å². The van der Waals surface area contributed by atoms with Gasteiger partial charge < -0.3 is 15.4 Å². The fraction of sp³-hybridized carbons (Fsp3) is 0.400. The smallest absolute Gasteiger partial charge is 0.275 e. The molecule has 1 aromatic heterocycles. The van der Waals surface area contributed by atoms with E-state index in [4.69, 9.17) is 4.74 Å². The molecule has 6 heteroatoms. The van der Waals surface area contributed by atoms with Crippen molar-refractivity contribution in [2.24, 2.45) is 5.92 Å². The van der Waals surface area contributed by atoms with E-state index in [-0.39, 0.29) is 5.91 Å². The predicted molar refractivity (Wildman–Crippen MR) is 102 cm³/mol. The van der Waals surface area contributed by atoms with Crippen LogP contribution in [0.2, 0.25) is 0 Å². The van der Waals surface area contributed by atoms with Gasteiger partial charge in [0.15, 0.2) is 11.4 Å². The number of aromatic nitrogens is 2. The molecule has 0 aliphatic carbocycles. The number of benzene rings is 1. The molecular weight excluding hydrogens is 328 g/mol. The summed E-state index contributed by atoms with van der Waals surface area (Å²) in [6.07, 6.45) is 4.86. The second-order valence-electron chi connectivity index (χ2n) is 6.83. The third-order valence-electron chi connectivity index (χ3n) is 4.12. The van der Waals surface area contributed by atoms with Crippen LogP contribution in [0.3, 0.4) is 0 Å². The van der Waals surface area contributed by atoms with E-state index < -0.39 is 0 Å². The summed E-state index contributed by atoms with van der Waals surface area (Å²) in [6, 6.07) is 9.72. The van der Waals surface area contributed by atoms with Crippen molar-refractivity contribution in [2.45, 2.75) is 20.3 Å². The van der Waals surface area contributed by atoms with Crippen molar-refractivity contribution in [1.29, 1.82) is 0 Å². The zero-order valence-electron chi connectivity index (χ0n) is 15.4. The lowest BCUT2D eigenvalue weighted by molar-refractivity contribution is 0.0946. The van der Waals surface area contributed by atoms with Gasteiger partial charge in [0.05, 0.1) is 18.5 Å². The number of para-hydroxylation sites is 1. The summed E-state index contributed by atoms with van der Waals surface area (Å²) in [5.41, 5.74) is 2.45. The Hall–Kier alpha value is -2.60. The molecule has 0 saturated carbocycles. The molecule has 138 valence electrons. The van der Waals surface area contributed by atoms with Crippen LogP contribution in [0.25, 0.3) is 5.69 Å². The summed E-state index contributed by atoms with van der Waals surface area (Å²) >= 11 is 0. The summed E-state index contributed by atoms with van der Waals surface area (Å²) in [4.78, 5) is 12.7. The summed E-state index contributed by atoms with van der Waals surface area (Å²) in [5.74, 6) is 0.670. The normalized spacial score (nSPS) is 14.2. The molecule has 1 aliphatic rings. The molecule has 1 amide bonds. The van der Waals surface area contributed by atoms with E-state index in [0.29, 0.717) is 30.5 Å². The molecule has 0 unspecified atom stereocenters. The molecule has 0 radical (unpaired) electrons. The monoisotopic (exact) mass is 354 g/mol. The maximum Gasteiger partial charge on any atom is 0.275 e. The van der Waals surface area contributed by atoms with Gasteiger partial charge in [0.2, 0.25) is 0 Å². The lowest BCUT2D eigenvalue weighted by Crippen LogP contribution is -2.30. The molecule has 0 fully saturated rings. The average Bonchev–Trinajstić information content (AvgIpc) is 3.10. The predicted octanol–water partition coefficient (Wildman–Crippen LogP) is 2.56. The number of hydrogen-bond donors (Lipinski definition) is 2. The van der Waals surface area contributed by atoms with Crippen molar-refractivity contribution in [3.8, 4) is 11.4 Å². The Balaban J connectivity index is 1.77. The first kappa shape index (κ1) is 18.2. The average molecular weight is 354 g/mol. The molecule has 6 nitrogen and oxygen atoms in total. The van der Waals surface area contributed by atoms with Gasteiger partial charge in [-0.05, 0) is 31.0 Å². The maximum absolute atomic E-state index is 12.7. The van der Waals surface area contributed by atoms with Crippen molar-refractivity contribution < 1.29 is 9.53 Å². The van der Waals surface area contributed by atoms with Crippen molar-refractivity contribution >= 4 is 5.91 Å². The quantitative estimate of drug-likeness (QED) is 0.750. The standard InChI is InChI=1S/C20H26N4O2/c1-15(2)14-26-18-13-24(17-6-4-3-5-7-17)23-19(18)20(25)22-12-16-8-10-21-11-9-16/h3-8,13,15,21H,9-12,14H2,1-2H3,(H,22,25). The first-order valence-corrected chi connectivity index (χ1v) is 9.08. The molecule has 2 N–H and O–H groups in total. The van der Waals surface area contributed by atoms with Crippen LogP contribution < -0.4 is 15.4 Å². The number of rotatable bonds is 7. The van der Waals surface area contributed by atoms with Gasteiger partial charge in [-0.1, -0.05) is 43.7 Å². The second kappa shape index (κ2) is 8.67. The lowest BCUT2D eigenvalue weighted by Gasteiger charge is -2.14. The zero-order chi connectivity index (χ0) is 18.4. The molecule has 0 atom stereocenters. The molecule has 0 bridgehead atoms. The van der Waals surface area contributed by atoms with Crippen molar-refractivity contribution in [3.05, 3.63) is 53.9 Å². The molecule has 3 rings (SSSR count). The van der Waals surface area contributed by atoms with Gasteiger partial charge in [-0.25, -0.2) is 4.68 Å². The first-order chi connectivity index (χ1) is 12.6. The van der Waals surface area contributed by atoms with Gasteiger partial charge in [0, 0.05) is 13.1 Å². The summed E-state index contributed by atoms with van der Waals surface area (Å²) in [6.45, 7) is 7.04.